The number of carbonyl (C=O) groups is 4. The molecule has 0 saturated carbocycles. The molecule has 0 aromatic heterocycles. The standard InChI is InChI=1S/C55H52N4O9/c1-34(35-16-7-4-8-17-35)56-54(64)58-43-25-14-13-24-42(43)55(53(58)63)46(51(61)57-27-26-38-31-44(65-2)45(66-3)32-40(38)33-57)48-52(62)68-49(37-20-11-6-12-21-37)47(36-18-9-5-10-19-36)59(48)50(55)39-22-15-23-41(30-39)67-29-28-60/h4-25,30-32,34,46-50,60H,26-29,33H2,1-3H3,(H,56,64)/t34-,46+,47+,48+,49-,50-,55+/m1/s1. The lowest BCUT2D eigenvalue weighted by atomic mass is 9.65. The third-order valence-corrected chi connectivity index (χ3v) is 14.0. The molecule has 68 heavy (non-hydrogen) atoms. The molecule has 13 nitrogen and oxygen atoms in total. The number of imide groups is 1. The van der Waals surface area contributed by atoms with E-state index < -0.39 is 65.4 Å². The van der Waals surface area contributed by atoms with Crippen LogP contribution in [-0.4, -0.2) is 78.7 Å². The number of amides is 4. The first kappa shape index (κ1) is 44.4. The number of urea groups is 1. The summed E-state index contributed by atoms with van der Waals surface area (Å²) in [6.45, 7) is 2.04. The smallest absolute Gasteiger partial charge is 0.329 e. The van der Waals surface area contributed by atoms with Gasteiger partial charge in [-0.3, -0.25) is 19.3 Å². The fraction of sp³-hybridized carbons (Fsp3) is 0.273. The summed E-state index contributed by atoms with van der Waals surface area (Å²) in [6.07, 6.45) is -0.418. The molecule has 2 fully saturated rings. The van der Waals surface area contributed by atoms with Gasteiger partial charge in [0, 0.05) is 13.1 Å². The molecule has 346 valence electrons. The Morgan fingerprint density at radius 3 is 2.09 bits per heavy atom. The van der Waals surface area contributed by atoms with Crippen LogP contribution in [0.1, 0.15) is 70.1 Å². The van der Waals surface area contributed by atoms with Gasteiger partial charge in [-0.05, 0) is 82.6 Å². The Hall–Kier alpha value is -7.48. The summed E-state index contributed by atoms with van der Waals surface area (Å²) in [5, 5.41) is 12.9. The second-order valence-electron chi connectivity index (χ2n) is 17.6. The van der Waals surface area contributed by atoms with Crippen molar-refractivity contribution < 1.29 is 43.2 Å². The van der Waals surface area contributed by atoms with Crippen LogP contribution in [0.4, 0.5) is 10.5 Å². The highest BCUT2D eigenvalue weighted by molar-refractivity contribution is 6.24. The number of nitrogens with one attached hydrogen (secondary N) is 1. The number of cyclic esters (lactones) is 1. The zero-order valence-corrected chi connectivity index (χ0v) is 38.0. The number of rotatable bonds is 11. The highest BCUT2D eigenvalue weighted by Gasteiger charge is 2.76. The number of aliphatic hydroxyl groups excluding tert-OH is 1. The fourth-order valence-corrected chi connectivity index (χ4v) is 11.1. The van der Waals surface area contributed by atoms with Crippen molar-refractivity contribution in [3.63, 3.8) is 0 Å². The Labute approximate surface area is 394 Å². The molecule has 4 amide bonds. The van der Waals surface area contributed by atoms with Crippen LogP contribution < -0.4 is 24.4 Å². The van der Waals surface area contributed by atoms with Gasteiger partial charge in [0.2, 0.25) is 11.8 Å². The van der Waals surface area contributed by atoms with Gasteiger partial charge in [-0.1, -0.05) is 121 Å². The molecule has 2 saturated heterocycles. The average Bonchev–Trinajstić information content (AvgIpc) is 3.84. The Balaban J connectivity index is 1.22. The summed E-state index contributed by atoms with van der Waals surface area (Å²) in [5.74, 6) is -1.71. The van der Waals surface area contributed by atoms with E-state index in [4.69, 9.17) is 18.9 Å². The van der Waals surface area contributed by atoms with E-state index in [1.54, 1.807) is 61.6 Å². The molecule has 13 heteroatoms. The number of nitrogens with zero attached hydrogens (tertiary/aromatic N) is 3. The number of ether oxygens (including phenoxy) is 4. The number of anilines is 1. The van der Waals surface area contributed by atoms with Crippen LogP contribution >= 0.6 is 0 Å². The number of methoxy groups -OCH3 is 2. The minimum atomic E-state index is -1.92. The number of carbonyl (C=O) groups excluding carboxylic acids is 4. The van der Waals surface area contributed by atoms with Gasteiger partial charge in [-0.25, -0.2) is 9.69 Å². The third kappa shape index (κ3) is 7.33. The highest BCUT2D eigenvalue weighted by Crippen LogP contribution is 2.66. The average molecular weight is 913 g/mol. The second-order valence-corrected chi connectivity index (χ2v) is 17.6. The molecule has 7 atom stereocenters. The van der Waals surface area contributed by atoms with E-state index in [1.165, 1.54) is 0 Å². The van der Waals surface area contributed by atoms with E-state index in [1.807, 2.05) is 121 Å². The second kappa shape index (κ2) is 18.3. The molecule has 0 unspecified atom stereocenters. The lowest BCUT2D eigenvalue weighted by molar-refractivity contribution is -0.179. The van der Waals surface area contributed by atoms with Crippen molar-refractivity contribution in [2.24, 2.45) is 5.92 Å². The van der Waals surface area contributed by atoms with Gasteiger partial charge in [0.25, 0.3) is 0 Å². The van der Waals surface area contributed by atoms with Crippen molar-refractivity contribution in [2.45, 2.75) is 55.6 Å². The van der Waals surface area contributed by atoms with Crippen LogP contribution in [0.2, 0.25) is 0 Å². The number of hydrogen-bond acceptors (Lipinski definition) is 10. The molecule has 0 aliphatic carbocycles. The van der Waals surface area contributed by atoms with Crippen LogP contribution in [0.15, 0.2) is 152 Å². The highest BCUT2D eigenvalue weighted by atomic mass is 16.6. The van der Waals surface area contributed by atoms with Crippen molar-refractivity contribution in [3.8, 4) is 17.2 Å². The molecule has 1 spiro atoms. The Morgan fingerprint density at radius 1 is 0.765 bits per heavy atom. The molecule has 0 bridgehead atoms. The predicted molar refractivity (Wildman–Crippen MR) is 253 cm³/mol. The lowest BCUT2D eigenvalue weighted by Crippen LogP contribution is -2.57. The maximum Gasteiger partial charge on any atom is 0.329 e. The molecule has 2 N–H and O–H groups in total. The summed E-state index contributed by atoms with van der Waals surface area (Å²) in [4.78, 5) is 68.4. The summed E-state index contributed by atoms with van der Waals surface area (Å²) in [7, 11) is 3.14. The van der Waals surface area contributed by atoms with Crippen LogP contribution in [0, 0.1) is 5.92 Å². The van der Waals surface area contributed by atoms with Crippen molar-refractivity contribution >= 4 is 29.5 Å². The summed E-state index contributed by atoms with van der Waals surface area (Å²) >= 11 is 0. The Morgan fingerprint density at radius 2 is 1.40 bits per heavy atom. The largest absolute Gasteiger partial charge is 0.493 e. The van der Waals surface area contributed by atoms with E-state index in [0.29, 0.717) is 40.5 Å². The van der Waals surface area contributed by atoms with Crippen LogP contribution in [-0.2, 0) is 37.5 Å². The van der Waals surface area contributed by atoms with E-state index in [-0.39, 0.29) is 26.3 Å². The number of fused-ring (bicyclic) bond motifs is 4. The number of morpholine rings is 1. The zero-order chi connectivity index (χ0) is 47.1. The number of esters is 1. The monoisotopic (exact) mass is 912 g/mol. The molecule has 10 rings (SSSR count). The summed E-state index contributed by atoms with van der Waals surface area (Å²) in [5.41, 5.74) is 3.53. The maximum atomic E-state index is 16.6. The van der Waals surface area contributed by atoms with E-state index in [2.05, 4.69) is 5.32 Å². The lowest BCUT2D eigenvalue weighted by Gasteiger charge is -2.46. The van der Waals surface area contributed by atoms with Gasteiger partial charge in [0.05, 0.1) is 50.6 Å². The van der Waals surface area contributed by atoms with Crippen molar-refractivity contribution in [2.75, 3.05) is 38.9 Å². The van der Waals surface area contributed by atoms with E-state index >= 15 is 19.2 Å². The first-order valence-corrected chi connectivity index (χ1v) is 22.9. The fourth-order valence-electron chi connectivity index (χ4n) is 11.1. The van der Waals surface area contributed by atoms with Crippen LogP contribution in [0.25, 0.3) is 0 Å². The molecule has 6 aromatic carbocycles. The van der Waals surface area contributed by atoms with Crippen LogP contribution in [0.3, 0.4) is 0 Å². The van der Waals surface area contributed by atoms with E-state index in [9.17, 15) is 5.11 Å². The SMILES string of the molecule is COc1cc2c(cc1OC)CN(C(=O)[C@@H]1[C@H]3C(=O)O[C@H](c4ccccc4)[C@H](c4ccccc4)N3[C@H](c3cccc(OCCO)c3)[C@@]13C(=O)N(C(=O)N[C@H](C)c1ccccc1)c1ccccc13)CC2. The molecular formula is C55H52N4O9. The maximum absolute atomic E-state index is 16.6. The number of aliphatic hydroxyl groups is 1. The first-order valence-electron chi connectivity index (χ1n) is 22.9. The molecule has 0 radical (unpaired) electrons. The van der Waals surface area contributed by atoms with Gasteiger partial charge in [-0.15, -0.1) is 0 Å². The molecule has 4 aliphatic rings. The number of para-hydroxylation sites is 1. The Kier molecular flexibility index (Phi) is 11.9. The predicted octanol–water partition coefficient (Wildman–Crippen LogP) is 7.80. The normalized spacial score (nSPS) is 23.3. The van der Waals surface area contributed by atoms with Crippen molar-refractivity contribution in [3.05, 3.63) is 191 Å². The summed E-state index contributed by atoms with van der Waals surface area (Å²) < 4.78 is 24.0. The van der Waals surface area contributed by atoms with Crippen molar-refractivity contribution in [1.82, 2.24) is 15.1 Å². The molecular weight excluding hydrogens is 861 g/mol. The van der Waals surface area contributed by atoms with Crippen molar-refractivity contribution in [1.29, 1.82) is 0 Å². The van der Waals surface area contributed by atoms with E-state index in [0.717, 1.165) is 32.7 Å². The minimum absolute atomic E-state index is 0.00413. The van der Waals surface area contributed by atoms with Crippen LogP contribution in [0.5, 0.6) is 17.2 Å². The van der Waals surface area contributed by atoms with Gasteiger partial charge < -0.3 is 34.3 Å². The van der Waals surface area contributed by atoms with Gasteiger partial charge in [-0.2, -0.15) is 0 Å². The Bertz CT molecular complexity index is 2860. The molecule has 4 aliphatic heterocycles. The number of hydrogen-bond donors (Lipinski definition) is 2. The summed E-state index contributed by atoms with van der Waals surface area (Å²) in [6, 6.07) is 42.4. The first-order chi connectivity index (χ1) is 33.2. The molecule has 4 heterocycles. The quantitative estimate of drug-likeness (QED) is 0.124. The number of benzene rings is 6. The third-order valence-electron chi connectivity index (χ3n) is 14.0. The van der Waals surface area contributed by atoms with Gasteiger partial charge in [0.1, 0.15) is 29.9 Å². The van der Waals surface area contributed by atoms with Gasteiger partial charge in [0.15, 0.2) is 11.5 Å². The minimum Gasteiger partial charge on any atom is -0.493 e. The molecule has 6 aromatic rings. The topological polar surface area (TPSA) is 147 Å². The zero-order valence-electron chi connectivity index (χ0n) is 38.0. The van der Waals surface area contributed by atoms with Gasteiger partial charge >= 0.3 is 12.0 Å².